The molecule has 11 heteroatoms. The minimum Gasteiger partial charge on any atom is -0.385 e. The second kappa shape index (κ2) is 12.8. The monoisotopic (exact) mass is 652 g/mol. The number of aliphatic hydroxyl groups is 2. The van der Waals surface area contributed by atoms with Crippen molar-refractivity contribution < 1.29 is 10.2 Å². The Morgan fingerprint density at radius 2 is 1.72 bits per heavy atom. The molecule has 2 aliphatic heterocycles. The first-order valence-electron chi connectivity index (χ1n) is 16.2. The first-order valence-corrected chi connectivity index (χ1v) is 16.6. The molecule has 0 spiro atoms. The fraction of sp³-hybridized carbons (Fsp3) is 0.361. The number of nitrogens with zero attached hydrogens (tertiary/aromatic N) is 7. The highest BCUT2D eigenvalue weighted by molar-refractivity contribution is 6.30. The van der Waals surface area contributed by atoms with Crippen LogP contribution < -0.4 is 15.1 Å². The average Bonchev–Trinajstić information content (AvgIpc) is 3.73. The molecule has 10 nitrogen and oxygen atoms in total. The number of piperidine rings is 1. The van der Waals surface area contributed by atoms with Crippen LogP contribution in [0.1, 0.15) is 60.5 Å². The average molecular weight is 653 g/mol. The van der Waals surface area contributed by atoms with E-state index in [-0.39, 0.29) is 6.04 Å². The third-order valence-corrected chi connectivity index (χ3v) is 9.80. The van der Waals surface area contributed by atoms with E-state index in [4.69, 9.17) is 21.6 Å². The molecule has 2 fully saturated rings. The van der Waals surface area contributed by atoms with Crippen LogP contribution in [-0.2, 0) is 5.60 Å². The second-order valence-corrected chi connectivity index (χ2v) is 13.4. The van der Waals surface area contributed by atoms with Crippen LogP contribution in [0.25, 0.3) is 5.65 Å². The van der Waals surface area contributed by atoms with E-state index in [1.165, 1.54) is 0 Å². The molecule has 47 heavy (non-hydrogen) atoms. The third-order valence-electron chi connectivity index (χ3n) is 9.54. The van der Waals surface area contributed by atoms with Gasteiger partial charge in [0.25, 0.3) is 0 Å². The molecule has 2 aliphatic rings. The number of hydrogen-bond donors (Lipinski definition) is 3. The van der Waals surface area contributed by atoms with E-state index >= 15 is 0 Å². The predicted octanol–water partition coefficient (Wildman–Crippen LogP) is 6.21. The van der Waals surface area contributed by atoms with Gasteiger partial charge in [-0.1, -0.05) is 35.9 Å². The van der Waals surface area contributed by atoms with E-state index in [9.17, 15) is 10.2 Å². The molecule has 2 saturated heterocycles. The fourth-order valence-corrected chi connectivity index (χ4v) is 7.05. The number of aromatic nitrogens is 4. The number of aliphatic hydroxyl groups excluding tert-OH is 1. The molecule has 0 radical (unpaired) electrons. The number of anilines is 4. The first kappa shape index (κ1) is 31.4. The SMILES string of the molecule is Cc1cc(N(C)C)cc(C2CCCN2C(O)c2ccc(Nc3nc4c(N5CCC(O)(c6ccc(Cl)cc6)CC5)cccn4n3)cc2)n1. The van der Waals surface area contributed by atoms with Crippen LogP contribution in [-0.4, -0.2) is 68.4 Å². The van der Waals surface area contributed by atoms with Gasteiger partial charge in [0.2, 0.25) is 5.95 Å². The Morgan fingerprint density at radius 1 is 0.979 bits per heavy atom. The zero-order valence-electron chi connectivity index (χ0n) is 27.0. The molecular weight excluding hydrogens is 612 g/mol. The molecule has 0 aliphatic carbocycles. The lowest BCUT2D eigenvalue weighted by atomic mass is 9.84. The molecule has 3 aromatic heterocycles. The molecule has 5 aromatic rings. The van der Waals surface area contributed by atoms with Gasteiger partial charge in [-0.15, -0.1) is 5.10 Å². The molecule has 244 valence electrons. The molecule has 2 atom stereocenters. The molecule has 0 bridgehead atoms. The largest absolute Gasteiger partial charge is 0.385 e. The van der Waals surface area contributed by atoms with Crippen molar-refractivity contribution in [2.75, 3.05) is 48.8 Å². The molecule has 3 N–H and O–H groups in total. The summed E-state index contributed by atoms with van der Waals surface area (Å²) in [5, 5.41) is 31.5. The van der Waals surface area contributed by atoms with Crippen LogP contribution in [0.2, 0.25) is 5.02 Å². The summed E-state index contributed by atoms with van der Waals surface area (Å²) in [6.45, 7) is 4.21. The van der Waals surface area contributed by atoms with Crippen molar-refractivity contribution >= 4 is 40.3 Å². The van der Waals surface area contributed by atoms with Crippen LogP contribution >= 0.6 is 11.6 Å². The molecule has 0 amide bonds. The maximum Gasteiger partial charge on any atom is 0.247 e. The summed E-state index contributed by atoms with van der Waals surface area (Å²) >= 11 is 6.07. The van der Waals surface area contributed by atoms with Gasteiger partial charge in [-0.25, -0.2) is 4.52 Å². The standard InChI is InChI=1S/C36H41ClN8O2/c1-24-22-29(42(2)3)23-30(38-24)31-6-4-18-44(31)34(46)25-8-14-28(15-9-25)39-35-40-33-32(7-5-19-45(33)41-35)43-20-16-36(47,17-21-43)26-10-12-27(37)13-11-26/h5,7-15,19,22-23,31,34,46-47H,4,6,16-18,20-21H2,1-3H3,(H,39,41). The van der Waals surface area contributed by atoms with Crippen LogP contribution in [0.15, 0.2) is 79.0 Å². The van der Waals surface area contributed by atoms with E-state index in [0.717, 1.165) is 64.6 Å². The zero-order chi connectivity index (χ0) is 32.7. The van der Waals surface area contributed by atoms with Crippen LogP contribution in [0.3, 0.4) is 0 Å². The highest BCUT2D eigenvalue weighted by atomic mass is 35.5. The highest BCUT2D eigenvalue weighted by Gasteiger charge is 2.35. The summed E-state index contributed by atoms with van der Waals surface area (Å²) in [5.41, 5.74) is 6.51. The number of rotatable bonds is 8. The van der Waals surface area contributed by atoms with Gasteiger partial charge in [0.15, 0.2) is 5.65 Å². The van der Waals surface area contributed by atoms with E-state index in [2.05, 4.69) is 43.3 Å². The normalized spacial score (nSPS) is 18.9. The van der Waals surface area contributed by atoms with Crippen molar-refractivity contribution in [1.82, 2.24) is 24.5 Å². The van der Waals surface area contributed by atoms with Gasteiger partial charge in [0, 0.05) is 62.0 Å². The van der Waals surface area contributed by atoms with Gasteiger partial charge in [0.05, 0.1) is 23.0 Å². The fourth-order valence-electron chi connectivity index (χ4n) is 6.92. The van der Waals surface area contributed by atoms with Crippen molar-refractivity contribution in [2.45, 2.75) is 50.5 Å². The Kier molecular flexibility index (Phi) is 8.52. The molecule has 7 rings (SSSR count). The number of pyridine rings is 2. The van der Waals surface area contributed by atoms with Crippen molar-refractivity contribution in [2.24, 2.45) is 0 Å². The number of hydrogen-bond acceptors (Lipinski definition) is 9. The van der Waals surface area contributed by atoms with Gasteiger partial charge in [0.1, 0.15) is 6.23 Å². The van der Waals surface area contributed by atoms with E-state index in [0.29, 0.717) is 36.9 Å². The minimum atomic E-state index is -0.880. The molecule has 2 aromatic carbocycles. The minimum absolute atomic E-state index is 0.0592. The summed E-state index contributed by atoms with van der Waals surface area (Å²) < 4.78 is 1.78. The van der Waals surface area contributed by atoms with Crippen molar-refractivity contribution in [3.8, 4) is 0 Å². The Morgan fingerprint density at radius 3 is 2.45 bits per heavy atom. The quantitative estimate of drug-likeness (QED) is 0.180. The molecule has 5 heterocycles. The van der Waals surface area contributed by atoms with Gasteiger partial charge in [-0.2, -0.15) is 4.98 Å². The first-order chi connectivity index (χ1) is 22.7. The Balaban J connectivity index is 1.03. The zero-order valence-corrected chi connectivity index (χ0v) is 27.8. The lowest BCUT2D eigenvalue weighted by Gasteiger charge is -2.39. The summed E-state index contributed by atoms with van der Waals surface area (Å²) in [6.07, 6.45) is 4.33. The lowest BCUT2D eigenvalue weighted by molar-refractivity contribution is -0.00885. The Bertz CT molecular complexity index is 1850. The number of aryl methyl sites for hydroxylation is 1. The number of likely N-dealkylation sites (tertiary alicyclic amines) is 1. The van der Waals surface area contributed by atoms with Gasteiger partial charge in [-0.05, 0) is 92.3 Å². The van der Waals surface area contributed by atoms with Crippen LogP contribution in [0, 0.1) is 6.92 Å². The maximum atomic E-state index is 11.5. The molecular formula is C36H41ClN8O2. The number of nitrogens with one attached hydrogen (secondary N) is 1. The Labute approximate surface area is 280 Å². The smallest absolute Gasteiger partial charge is 0.247 e. The molecule has 0 saturated carbocycles. The maximum absolute atomic E-state index is 11.5. The lowest BCUT2D eigenvalue weighted by Crippen LogP contribution is -2.42. The summed E-state index contributed by atoms with van der Waals surface area (Å²) in [7, 11) is 4.07. The number of benzene rings is 2. The second-order valence-electron chi connectivity index (χ2n) is 12.9. The van der Waals surface area contributed by atoms with E-state index in [1.54, 1.807) is 4.52 Å². The Hall–Kier alpha value is -4.22. The topological polar surface area (TPSA) is 105 Å². The highest BCUT2D eigenvalue weighted by Crippen LogP contribution is 2.39. The number of fused-ring (bicyclic) bond motifs is 1. The van der Waals surface area contributed by atoms with Gasteiger partial charge in [-0.3, -0.25) is 9.88 Å². The van der Waals surface area contributed by atoms with Crippen LogP contribution in [0.4, 0.5) is 23.0 Å². The third kappa shape index (κ3) is 6.38. The van der Waals surface area contributed by atoms with Gasteiger partial charge >= 0.3 is 0 Å². The summed E-state index contributed by atoms with van der Waals surface area (Å²) in [4.78, 5) is 16.2. The van der Waals surface area contributed by atoms with E-state index in [1.807, 2.05) is 81.8 Å². The van der Waals surface area contributed by atoms with Gasteiger partial charge < -0.3 is 25.3 Å². The number of halogens is 1. The molecule has 2 unspecified atom stereocenters. The van der Waals surface area contributed by atoms with Crippen molar-refractivity contribution in [1.29, 1.82) is 0 Å². The summed E-state index contributed by atoms with van der Waals surface area (Å²) in [5.74, 6) is 0.488. The van der Waals surface area contributed by atoms with Crippen molar-refractivity contribution in [3.63, 3.8) is 0 Å². The summed E-state index contributed by atoms with van der Waals surface area (Å²) in [6, 6.07) is 23.6. The van der Waals surface area contributed by atoms with E-state index < -0.39 is 11.8 Å². The van der Waals surface area contributed by atoms with Crippen molar-refractivity contribution in [3.05, 3.63) is 107 Å². The van der Waals surface area contributed by atoms with Crippen LogP contribution in [0.5, 0.6) is 0 Å². The predicted molar refractivity (Wildman–Crippen MR) is 186 cm³/mol.